The van der Waals surface area contributed by atoms with Crippen LogP contribution in [0.1, 0.15) is 24.2 Å². The van der Waals surface area contributed by atoms with Crippen LogP contribution in [0.4, 0.5) is 19.1 Å². The van der Waals surface area contributed by atoms with Gasteiger partial charge in [0.25, 0.3) is 0 Å². The molecule has 0 radical (unpaired) electrons. The molecular weight excluding hydrogens is 397 g/mol. The number of imidazole rings is 1. The van der Waals surface area contributed by atoms with Crippen molar-refractivity contribution in [3.63, 3.8) is 0 Å². The summed E-state index contributed by atoms with van der Waals surface area (Å²) in [6.45, 7) is 0.0979. The van der Waals surface area contributed by atoms with Crippen LogP contribution in [0.25, 0.3) is 28.8 Å². The summed E-state index contributed by atoms with van der Waals surface area (Å²) in [5.41, 5.74) is 0.974. The van der Waals surface area contributed by atoms with Gasteiger partial charge in [-0.3, -0.25) is 14.8 Å². The highest BCUT2D eigenvalue weighted by atomic mass is 19.4. The number of nitrogens with zero attached hydrogens (tertiary/aromatic N) is 5. The number of nitrogens with one attached hydrogen (secondary N) is 1. The van der Waals surface area contributed by atoms with Crippen molar-refractivity contribution in [1.29, 1.82) is 0 Å². The Morgan fingerprint density at radius 2 is 1.93 bits per heavy atom. The molecule has 1 aromatic carbocycles. The Kier molecular flexibility index (Phi) is 4.24. The van der Waals surface area contributed by atoms with Gasteiger partial charge in [0.05, 0.1) is 22.6 Å². The minimum absolute atomic E-state index is 0.0979. The van der Waals surface area contributed by atoms with E-state index in [0.717, 1.165) is 30.0 Å². The smallest absolute Gasteiger partial charge is 0.351 e. The van der Waals surface area contributed by atoms with Gasteiger partial charge in [-0.05, 0) is 31.0 Å². The fraction of sp³-hybridized carbons (Fsp3) is 0.250. The molecule has 1 saturated carbocycles. The predicted molar refractivity (Wildman–Crippen MR) is 103 cm³/mol. The fourth-order valence-electron chi connectivity index (χ4n) is 3.35. The Morgan fingerprint density at radius 3 is 2.70 bits per heavy atom. The van der Waals surface area contributed by atoms with Crippen LogP contribution in [0, 0.1) is 0 Å². The van der Waals surface area contributed by atoms with E-state index in [2.05, 4.69) is 20.3 Å². The second-order valence-electron chi connectivity index (χ2n) is 7.25. The third kappa shape index (κ3) is 3.50. The fourth-order valence-corrected chi connectivity index (χ4v) is 3.35. The molecule has 1 fully saturated rings. The number of alkyl halides is 3. The number of anilines is 1. The summed E-state index contributed by atoms with van der Waals surface area (Å²) in [6.07, 6.45) is 2.31. The molecular formula is C20H17F3N6O. The molecule has 3 aromatic rings. The van der Waals surface area contributed by atoms with E-state index in [9.17, 15) is 18.4 Å². The summed E-state index contributed by atoms with van der Waals surface area (Å²) in [5, 5.41) is 14.0. The monoisotopic (exact) mass is 414 g/mol. The Labute approximate surface area is 169 Å². The molecule has 7 nitrogen and oxygen atoms in total. The van der Waals surface area contributed by atoms with Crippen molar-refractivity contribution < 1.29 is 18.4 Å². The minimum Gasteiger partial charge on any atom is -0.351 e. The van der Waals surface area contributed by atoms with Crippen molar-refractivity contribution in [2.24, 2.45) is 0 Å². The molecule has 0 saturated heterocycles. The van der Waals surface area contributed by atoms with Crippen LogP contribution < -0.4 is 5.32 Å². The van der Waals surface area contributed by atoms with Crippen LogP contribution in [0.3, 0.4) is 0 Å². The van der Waals surface area contributed by atoms with Gasteiger partial charge in [-0.2, -0.15) is 13.2 Å². The summed E-state index contributed by atoms with van der Waals surface area (Å²) < 4.78 is 41.5. The molecule has 154 valence electrons. The summed E-state index contributed by atoms with van der Waals surface area (Å²) in [4.78, 5) is 13.3. The van der Waals surface area contributed by atoms with Crippen LogP contribution in [0.15, 0.2) is 42.7 Å². The molecule has 1 aliphatic carbocycles. The Hall–Kier alpha value is -3.40. The zero-order valence-corrected chi connectivity index (χ0v) is 15.6. The predicted octanol–water partition coefficient (Wildman–Crippen LogP) is 4.23. The second-order valence-corrected chi connectivity index (χ2v) is 7.25. The average molecular weight is 414 g/mol. The molecule has 1 aliphatic heterocycles. The van der Waals surface area contributed by atoms with Crippen LogP contribution in [-0.4, -0.2) is 35.8 Å². The SMILES string of the molecule is ON1C=Cn2c(nc(-c3cccc(C(F)(F)F)c3)c2-c2ccnc(NC3CC3)n2)C1. The largest absolute Gasteiger partial charge is 0.416 e. The Morgan fingerprint density at radius 1 is 1.10 bits per heavy atom. The summed E-state index contributed by atoms with van der Waals surface area (Å²) in [7, 11) is 0. The molecule has 2 aliphatic rings. The maximum atomic E-state index is 13.3. The van der Waals surface area contributed by atoms with Gasteiger partial charge < -0.3 is 5.32 Å². The number of rotatable bonds is 4. The van der Waals surface area contributed by atoms with Crippen molar-refractivity contribution in [3.8, 4) is 22.6 Å². The number of aromatic nitrogens is 4. The van der Waals surface area contributed by atoms with Crippen molar-refractivity contribution >= 4 is 12.1 Å². The highest BCUT2D eigenvalue weighted by Gasteiger charge is 2.31. The quantitative estimate of drug-likeness (QED) is 0.665. The normalized spacial score (nSPS) is 15.9. The van der Waals surface area contributed by atoms with E-state index in [1.807, 2.05) is 0 Å². The summed E-state index contributed by atoms with van der Waals surface area (Å²) in [6, 6.07) is 7.08. The number of fused-ring (bicyclic) bond motifs is 1. The third-order valence-corrected chi connectivity index (χ3v) is 4.95. The second kappa shape index (κ2) is 6.84. The maximum absolute atomic E-state index is 13.3. The van der Waals surface area contributed by atoms with Gasteiger partial charge >= 0.3 is 6.18 Å². The van der Waals surface area contributed by atoms with E-state index in [1.165, 1.54) is 12.3 Å². The first-order chi connectivity index (χ1) is 14.4. The van der Waals surface area contributed by atoms with Crippen molar-refractivity contribution in [3.05, 3.63) is 54.1 Å². The molecule has 10 heteroatoms. The number of hydrogen-bond acceptors (Lipinski definition) is 6. The Balaban J connectivity index is 1.66. The number of benzene rings is 1. The molecule has 30 heavy (non-hydrogen) atoms. The molecule has 0 amide bonds. The first kappa shape index (κ1) is 18.6. The molecule has 0 atom stereocenters. The molecule has 5 rings (SSSR count). The van der Waals surface area contributed by atoms with Gasteiger partial charge in [0.15, 0.2) is 0 Å². The lowest BCUT2D eigenvalue weighted by molar-refractivity contribution is -0.137. The molecule has 0 spiro atoms. The number of halogens is 3. The van der Waals surface area contributed by atoms with Gasteiger partial charge in [0.1, 0.15) is 12.4 Å². The maximum Gasteiger partial charge on any atom is 0.416 e. The van der Waals surface area contributed by atoms with E-state index >= 15 is 0 Å². The summed E-state index contributed by atoms with van der Waals surface area (Å²) >= 11 is 0. The highest BCUT2D eigenvalue weighted by molar-refractivity contribution is 5.79. The zero-order valence-electron chi connectivity index (χ0n) is 15.6. The van der Waals surface area contributed by atoms with E-state index in [0.29, 0.717) is 40.5 Å². The van der Waals surface area contributed by atoms with Crippen molar-refractivity contribution in [2.45, 2.75) is 31.6 Å². The van der Waals surface area contributed by atoms with Gasteiger partial charge in [-0.25, -0.2) is 15.0 Å². The van der Waals surface area contributed by atoms with Crippen LogP contribution in [0.2, 0.25) is 0 Å². The molecule has 3 heterocycles. The zero-order chi connectivity index (χ0) is 20.9. The van der Waals surface area contributed by atoms with Gasteiger partial charge in [0.2, 0.25) is 5.95 Å². The number of hydrogen-bond donors (Lipinski definition) is 2. The first-order valence-corrected chi connectivity index (χ1v) is 9.41. The van der Waals surface area contributed by atoms with Crippen molar-refractivity contribution in [2.75, 3.05) is 5.32 Å². The van der Waals surface area contributed by atoms with E-state index in [4.69, 9.17) is 0 Å². The van der Waals surface area contributed by atoms with Crippen LogP contribution >= 0.6 is 0 Å². The van der Waals surface area contributed by atoms with E-state index in [1.54, 1.807) is 29.1 Å². The Bertz CT molecular complexity index is 1140. The molecule has 0 unspecified atom stereocenters. The molecule has 2 aromatic heterocycles. The van der Waals surface area contributed by atoms with Crippen molar-refractivity contribution in [1.82, 2.24) is 24.6 Å². The lowest BCUT2D eigenvalue weighted by Crippen LogP contribution is -2.18. The third-order valence-electron chi connectivity index (χ3n) is 4.95. The first-order valence-electron chi connectivity index (χ1n) is 9.41. The molecule has 0 bridgehead atoms. The van der Waals surface area contributed by atoms with E-state index < -0.39 is 11.7 Å². The average Bonchev–Trinajstić information content (AvgIpc) is 3.44. The lowest BCUT2D eigenvalue weighted by Gasteiger charge is -2.18. The van der Waals surface area contributed by atoms with E-state index in [-0.39, 0.29) is 6.54 Å². The van der Waals surface area contributed by atoms with Gasteiger partial charge in [-0.1, -0.05) is 12.1 Å². The van der Waals surface area contributed by atoms with Gasteiger partial charge in [0, 0.05) is 30.2 Å². The van der Waals surface area contributed by atoms with Gasteiger partial charge in [-0.15, -0.1) is 0 Å². The highest BCUT2D eigenvalue weighted by Crippen LogP contribution is 2.37. The minimum atomic E-state index is -4.46. The topological polar surface area (TPSA) is 79.1 Å². The van der Waals surface area contributed by atoms with Crippen LogP contribution in [-0.2, 0) is 12.7 Å². The van der Waals surface area contributed by atoms with Crippen LogP contribution in [0.5, 0.6) is 0 Å². The molecule has 2 N–H and O–H groups in total. The number of hydroxylamine groups is 2. The summed E-state index contributed by atoms with van der Waals surface area (Å²) in [5.74, 6) is 0.946. The lowest BCUT2D eigenvalue weighted by atomic mass is 10.0. The standard InChI is InChI=1S/C20H17F3N6O/c21-20(22,23)13-3-1-2-12(10-13)17-18(29-9-8-28(30)11-16(29)27-17)15-6-7-24-19(26-15)25-14-4-5-14/h1-3,6-10,14,30H,4-5,11H2,(H,24,25,26).